The Morgan fingerprint density at radius 1 is 1.38 bits per heavy atom. The van der Waals surface area contributed by atoms with E-state index in [-0.39, 0.29) is 17.6 Å². The quantitative estimate of drug-likeness (QED) is 0.947. The van der Waals surface area contributed by atoms with Crippen LogP contribution in [0.5, 0.6) is 0 Å². The van der Waals surface area contributed by atoms with Gasteiger partial charge >= 0.3 is 0 Å². The van der Waals surface area contributed by atoms with Crippen LogP contribution in [0.25, 0.3) is 0 Å². The summed E-state index contributed by atoms with van der Waals surface area (Å²) in [4.78, 5) is 17.5. The summed E-state index contributed by atoms with van der Waals surface area (Å²) in [5.74, 6) is -1.42. The van der Waals surface area contributed by atoms with Crippen LogP contribution in [0.4, 0.5) is 14.5 Å². The SMILES string of the molecule is O=C(NC1CCN(c2c(F)cccc2F)C1)c1cscn1. The van der Waals surface area contributed by atoms with Crippen LogP contribution in [0.1, 0.15) is 16.9 Å². The van der Waals surface area contributed by atoms with Gasteiger partial charge in [0.15, 0.2) is 0 Å². The van der Waals surface area contributed by atoms with Gasteiger partial charge < -0.3 is 10.2 Å². The van der Waals surface area contributed by atoms with Crippen molar-refractivity contribution in [3.05, 3.63) is 46.4 Å². The van der Waals surface area contributed by atoms with Crippen LogP contribution >= 0.6 is 11.3 Å². The Hall–Kier alpha value is -2.02. The highest BCUT2D eigenvalue weighted by Gasteiger charge is 2.28. The first-order chi connectivity index (χ1) is 10.1. The Morgan fingerprint density at radius 3 is 2.81 bits per heavy atom. The van der Waals surface area contributed by atoms with Crippen LogP contribution in [0.15, 0.2) is 29.1 Å². The first-order valence-corrected chi connectivity index (χ1v) is 7.47. The minimum absolute atomic E-state index is 0.0251. The fourth-order valence-electron chi connectivity index (χ4n) is 2.46. The zero-order valence-corrected chi connectivity index (χ0v) is 11.9. The second-order valence-electron chi connectivity index (χ2n) is 4.85. The molecule has 1 aliphatic rings. The Kier molecular flexibility index (Phi) is 3.83. The average molecular weight is 309 g/mol. The molecule has 0 aliphatic carbocycles. The Bertz CT molecular complexity index is 627. The number of rotatable bonds is 3. The normalized spacial score (nSPS) is 18.0. The number of hydrogen-bond donors (Lipinski definition) is 1. The maximum atomic E-state index is 13.7. The molecule has 1 N–H and O–H groups in total. The Labute approximate surface area is 124 Å². The molecule has 1 atom stereocenters. The molecule has 2 heterocycles. The van der Waals surface area contributed by atoms with Crippen molar-refractivity contribution in [3.8, 4) is 0 Å². The van der Waals surface area contributed by atoms with Gasteiger partial charge in [-0.15, -0.1) is 11.3 Å². The van der Waals surface area contributed by atoms with E-state index < -0.39 is 11.6 Å². The molecule has 1 aliphatic heterocycles. The third-order valence-corrected chi connectivity index (χ3v) is 4.03. The van der Waals surface area contributed by atoms with Crippen molar-refractivity contribution in [1.82, 2.24) is 10.3 Å². The van der Waals surface area contributed by atoms with Gasteiger partial charge in [-0.1, -0.05) is 6.07 Å². The number of nitrogens with zero attached hydrogens (tertiary/aromatic N) is 2. The second-order valence-corrected chi connectivity index (χ2v) is 5.57. The molecule has 1 amide bonds. The molecule has 1 aromatic carbocycles. The van der Waals surface area contributed by atoms with Gasteiger partial charge in [0.05, 0.1) is 5.51 Å². The summed E-state index contributed by atoms with van der Waals surface area (Å²) in [5.41, 5.74) is 1.93. The van der Waals surface area contributed by atoms with E-state index in [1.165, 1.54) is 29.5 Å². The lowest BCUT2D eigenvalue weighted by Crippen LogP contribution is -2.37. The average Bonchev–Trinajstić information content (AvgIpc) is 3.10. The van der Waals surface area contributed by atoms with E-state index in [9.17, 15) is 13.6 Å². The third kappa shape index (κ3) is 2.87. The van der Waals surface area contributed by atoms with Crippen LogP contribution in [0, 0.1) is 11.6 Å². The van der Waals surface area contributed by atoms with Crippen LogP contribution in [0.3, 0.4) is 0 Å². The summed E-state index contributed by atoms with van der Waals surface area (Å²) in [6.07, 6.45) is 0.643. The molecule has 4 nitrogen and oxygen atoms in total. The molecule has 0 spiro atoms. The summed E-state index contributed by atoms with van der Waals surface area (Å²) in [6, 6.07) is 3.67. The highest BCUT2D eigenvalue weighted by atomic mass is 32.1. The van der Waals surface area contributed by atoms with Crippen molar-refractivity contribution in [2.45, 2.75) is 12.5 Å². The monoisotopic (exact) mass is 309 g/mol. The van der Waals surface area contributed by atoms with Crippen molar-refractivity contribution in [2.75, 3.05) is 18.0 Å². The Morgan fingerprint density at radius 2 is 2.14 bits per heavy atom. The molecule has 0 saturated carbocycles. The molecule has 3 rings (SSSR count). The smallest absolute Gasteiger partial charge is 0.271 e. The van der Waals surface area contributed by atoms with E-state index in [1.54, 1.807) is 15.8 Å². The van der Waals surface area contributed by atoms with Gasteiger partial charge in [-0.3, -0.25) is 4.79 Å². The van der Waals surface area contributed by atoms with E-state index in [2.05, 4.69) is 10.3 Å². The number of nitrogens with one attached hydrogen (secondary N) is 1. The van der Waals surface area contributed by atoms with Crippen LogP contribution in [0.2, 0.25) is 0 Å². The van der Waals surface area contributed by atoms with Crippen LogP contribution in [-0.4, -0.2) is 30.0 Å². The molecule has 110 valence electrons. The molecule has 7 heteroatoms. The zero-order valence-electron chi connectivity index (χ0n) is 11.1. The summed E-state index contributed by atoms with van der Waals surface area (Å²) >= 11 is 1.35. The van der Waals surface area contributed by atoms with E-state index >= 15 is 0 Å². The van der Waals surface area contributed by atoms with E-state index in [0.29, 0.717) is 25.2 Å². The highest BCUT2D eigenvalue weighted by Crippen LogP contribution is 2.26. The predicted molar refractivity (Wildman–Crippen MR) is 76.6 cm³/mol. The number of hydrogen-bond acceptors (Lipinski definition) is 4. The number of thiazole rings is 1. The molecule has 2 aromatic rings. The molecule has 21 heavy (non-hydrogen) atoms. The molecule has 0 bridgehead atoms. The molecule has 1 saturated heterocycles. The van der Waals surface area contributed by atoms with Gasteiger partial charge in [-0.25, -0.2) is 13.8 Å². The van der Waals surface area contributed by atoms with E-state index in [0.717, 1.165) is 0 Å². The lowest BCUT2D eigenvalue weighted by Gasteiger charge is -2.20. The molecular formula is C14H13F2N3OS. The first-order valence-electron chi connectivity index (χ1n) is 6.53. The van der Waals surface area contributed by atoms with Crippen LogP contribution < -0.4 is 10.2 Å². The zero-order chi connectivity index (χ0) is 14.8. The third-order valence-electron chi connectivity index (χ3n) is 3.44. The topological polar surface area (TPSA) is 45.2 Å². The van der Waals surface area contributed by atoms with Gasteiger partial charge in [-0.2, -0.15) is 0 Å². The van der Waals surface area contributed by atoms with E-state index in [1.807, 2.05) is 0 Å². The van der Waals surface area contributed by atoms with Crippen molar-refractivity contribution in [3.63, 3.8) is 0 Å². The fourth-order valence-corrected chi connectivity index (χ4v) is 2.99. The number of para-hydroxylation sites is 1. The molecule has 1 unspecified atom stereocenters. The fraction of sp³-hybridized carbons (Fsp3) is 0.286. The minimum Gasteiger partial charge on any atom is -0.365 e. The summed E-state index contributed by atoms with van der Waals surface area (Å²) in [6.45, 7) is 0.883. The van der Waals surface area contributed by atoms with Crippen molar-refractivity contribution < 1.29 is 13.6 Å². The number of carbonyl (C=O) groups is 1. The van der Waals surface area contributed by atoms with Gasteiger partial charge in [0.2, 0.25) is 0 Å². The van der Waals surface area contributed by atoms with Gasteiger partial charge in [0, 0.05) is 24.5 Å². The highest BCUT2D eigenvalue weighted by molar-refractivity contribution is 7.07. The number of amides is 1. The number of benzene rings is 1. The molecule has 0 radical (unpaired) electrons. The maximum absolute atomic E-state index is 13.7. The lowest BCUT2D eigenvalue weighted by atomic mass is 10.2. The number of halogens is 2. The van der Waals surface area contributed by atoms with Gasteiger partial charge in [0.25, 0.3) is 5.91 Å². The summed E-state index contributed by atoms with van der Waals surface area (Å²) in [5, 5.41) is 4.50. The van der Waals surface area contributed by atoms with Crippen molar-refractivity contribution >= 4 is 22.9 Å². The first kappa shape index (κ1) is 13.9. The van der Waals surface area contributed by atoms with Crippen molar-refractivity contribution in [1.29, 1.82) is 0 Å². The molecular weight excluding hydrogens is 296 g/mol. The summed E-state index contributed by atoms with van der Waals surface area (Å²) in [7, 11) is 0. The summed E-state index contributed by atoms with van der Waals surface area (Å²) < 4.78 is 27.5. The lowest BCUT2D eigenvalue weighted by molar-refractivity contribution is 0.0936. The number of aromatic nitrogens is 1. The molecule has 1 aromatic heterocycles. The predicted octanol–water partition coefficient (Wildman–Crippen LogP) is 2.43. The van der Waals surface area contributed by atoms with Gasteiger partial charge in [-0.05, 0) is 18.6 Å². The van der Waals surface area contributed by atoms with Crippen LogP contribution in [-0.2, 0) is 0 Å². The largest absolute Gasteiger partial charge is 0.365 e. The second kappa shape index (κ2) is 5.77. The number of anilines is 1. The minimum atomic E-state index is -0.582. The number of carbonyl (C=O) groups excluding carboxylic acids is 1. The standard InChI is InChI=1S/C14H13F2N3OS/c15-10-2-1-3-11(16)13(10)19-5-4-9(6-19)18-14(20)12-7-21-8-17-12/h1-3,7-9H,4-6H2,(H,18,20). The maximum Gasteiger partial charge on any atom is 0.271 e. The Balaban J connectivity index is 1.67. The van der Waals surface area contributed by atoms with E-state index in [4.69, 9.17) is 0 Å². The van der Waals surface area contributed by atoms with Gasteiger partial charge in [0.1, 0.15) is 23.0 Å². The molecule has 1 fully saturated rings. The van der Waals surface area contributed by atoms with Crippen molar-refractivity contribution in [2.24, 2.45) is 0 Å².